The van der Waals surface area contributed by atoms with Crippen LogP contribution in [-0.4, -0.2) is 32.8 Å². The molecule has 0 bridgehead atoms. The van der Waals surface area contributed by atoms with Crippen LogP contribution in [0.2, 0.25) is 0 Å². The predicted molar refractivity (Wildman–Crippen MR) is 115 cm³/mol. The van der Waals surface area contributed by atoms with Gasteiger partial charge in [-0.25, -0.2) is 0 Å². The lowest BCUT2D eigenvalue weighted by molar-refractivity contribution is -0.166. The molecule has 6 nitrogen and oxygen atoms in total. The van der Waals surface area contributed by atoms with Crippen LogP contribution in [0.4, 0.5) is 0 Å². The van der Waals surface area contributed by atoms with Crippen molar-refractivity contribution in [3.8, 4) is 11.5 Å². The van der Waals surface area contributed by atoms with Gasteiger partial charge >= 0.3 is 11.9 Å². The van der Waals surface area contributed by atoms with Gasteiger partial charge in [0.05, 0.1) is 27.4 Å². The highest BCUT2D eigenvalue weighted by molar-refractivity contribution is 6.06. The molecule has 0 spiro atoms. The van der Waals surface area contributed by atoms with Crippen molar-refractivity contribution in [1.82, 2.24) is 0 Å². The second-order valence-electron chi connectivity index (χ2n) is 6.81. The van der Waals surface area contributed by atoms with Crippen molar-refractivity contribution in [2.75, 3.05) is 20.8 Å². The van der Waals surface area contributed by atoms with E-state index >= 15 is 0 Å². The summed E-state index contributed by atoms with van der Waals surface area (Å²) >= 11 is 0. The second kappa shape index (κ2) is 10.4. The molecule has 160 valence electrons. The fraction of sp³-hybridized carbons (Fsp3) is 0.200. The highest BCUT2D eigenvalue weighted by Crippen LogP contribution is 2.31. The van der Waals surface area contributed by atoms with Gasteiger partial charge in [0, 0.05) is 0 Å². The number of benzene rings is 3. The fourth-order valence-corrected chi connectivity index (χ4v) is 3.20. The van der Waals surface area contributed by atoms with Crippen LogP contribution in [0, 0.1) is 0 Å². The van der Waals surface area contributed by atoms with Crippen LogP contribution in [0.1, 0.15) is 11.1 Å². The molecule has 0 atom stereocenters. The zero-order chi connectivity index (χ0) is 22.1. The monoisotopic (exact) mass is 420 g/mol. The number of hydrogen-bond donors (Lipinski definition) is 0. The maximum atomic E-state index is 12.8. The van der Waals surface area contributed by atoms with E-state index in [1.54, 1.807) is 24.3 Å². The third-order valence-electron chi connectivity index (χ3n) is 4.82. The summed E-state index contributed by atoms with van der Waals surface area (Å²) in [6, 6.07) is 25.4. The van der Waals surface area contributed by atoms with Gasteiger partial charge in [-0.2, -0.15) is 0 Å². The Labute approximate surface area is 181 Å². The Balaban J connectivity index is 1.87. The summed E-state index contributed by atoms with van der Waals surface area (Å²) in [5, 5.41) is 0. The van der Waals surface area contributed by atoms with E-state index in [1.807, 2.05) is 60.7 Å². The molecule has 3 rings (SSSR count). The number of para-hydroxylation sites is 1. The highest BCUT2D eigenvalue weighted by Gasteiger charge is 2.50. The van der Waals surface area contributed by atoms with Crippen LogP contribution in [0.5, 0.6) is 11.5 Å². The summed E-state index contributed by atoms with van der Waals surface area (Å²) in [6.45, 7) is -0.00803. The maximum Gasteiger partial charge on any atom is 0.330 e. The average molecular weight is 420 g/mol. The summed E-state index contributed by atoms with van der Waals surface area (Å²) in [7, 11) is 2.45. The quantitative estimate of drug-likeness (QED) is 0.380. The summed E-state index contributed by atoms with van der Waals surface area (Å²) in [4.78, 5) is 25.6. The number of rotatable bonds is 9. The fourth-order valence-electron chi connectivity index (χ4n) is 3.20. The van der Waals surface area contributed by atoms with Crippen molar-refractivity contribution in [2.45, 2.75) is 12.0 Å². The molecular formula is C25H24O6. The van der Waals surface area contributed by atoms with E-state index < -0.39 is 17.4 Å². The van der Waals surface area contributed by atoms with Gasteiger partial charge in [-0.05, 0) is 35.4 Å². The summed E-state index contributed by atoms with van der Waals surface area (Å²) in [5.41, 5.74) is -0.457. The number of carbonyl (C=O) groups is 2. The van der Waals surface area contributed by atoms with Crippen LogP contribution >= 0.6 is 0 Å². The predicted octanol–water partition coefficient (Wildman–Crippen LogP) is 4.28. The molecular weight excluding hydrogens is 396 g/mol. The van der Waals surface area contributed by atoms with Gasteiger partial charge in [0.1, 0.15) is 11.5 Å². The topological polar surface area (TPSA) is 71.1 Å². The van der Waals surface area contributed by atoms with Gasteiger partial charge in [0.2, 0.25) is 5.41 Å². The number of esters is 2. The van der Waals surface area contributed by atoms with Gasteiger partial charge in [0.25, 0.3) is 0 Å². The molecule has 0 heterocycles. The lowest BCUT2D eigenvalue weighted by Gasteiger charge is -2.28. The van der Waals surface area contributed by atoms with E-state index in [0.717, 1.165) is 5.56 Å². The van der Waals surface area contributed by atoms with E-state index in [4.69, 9.17) is 18.9 Å². The van der Waals surface area contributed by atoms with Crippen molar-refractivity contribution >= 4 is 11.9 Å². The third-order valence-corrected chi connectivity index (χ3v) is 4.82. The normalized spacial score (nSPS) is 10.9. The molecule has 0 fully saturated rings. The van der Waals surface area contributed by atoms with Gasteiger partial charge in [-0.1, -0.05) is 60.7 Å². The molecule has 0 unspecified atom stereocenters. The standard InChI is InChI=1S/C25H24O6/c1-28-23(26)25(24(27)29-2,18-30-17-19-9-5-3-6-10-19)20-13-15-22(16-14-20)31-21-11-7-4-8-12-21/h3-16H,17-18H2,1-2H3. The van der Waals surface area contributed by atoms with Crippen molar-refractivity contribution in [3.63, 3.8) is 0 Å². The van der Waals surface area contributed by atoms with Crippen LogP contribution in [0.25, 0.3) is 0 Å². The van der Waals surface area contributed by atoms with E-state index in [-0.39, 0.29) is 13.2 Å². The first-order chi connectivity index (χ1) is 15.1. The van der Waals surface area contributed by atoms with Gasteiger partial charge < -0.3 is 18.9 Å². The van der Waals surface area contributed by atoms with Gasteiger partial charge in [0.15, 0.2) is 0 Å². The molecule has 3 aromatic rings. The first-order valence-corrected chi connectivity index (χ1v) is 9.72. The van der Waals surface area contributed by atoms with Crippen molar-refractivity contribution in [3.05, 3.63) is 96.1 Å². The zero-order valence-electron chi connectivity index (χ0n) is 17.4. The average Bonchev–Trinajstić information content (AvgIpc) is 2.83. The lowest BCUT2D eigenvalue weighted by Crippen LogP contribution is -2.49. The number of ether oxygens (including phenoxy) is 4. The Hall–Kier alpha value is -3.64. The Morgan fingerprint density at radius 1 is 0.710 bits per heavy atom. The first kappa shape index (κ1) is 22.1. The maximum absolute atomic E-state index is 12.8. The minimum Gasteiger partial charge on any atom is -0.468 e. The van der Waals surface area contributed by atoms with Crippen molar-refractivity contribution in [2.24, 2.45) is 0 Å². The van der Waals surface area contributed by atoms with Crippen LogP contribution in [-0.2, 0) is 35.8 Å². The molecule has 0 N–H and O–H groups in total. The molecule has 0 aliphatic heterocycles. The molecule has 0 aliphatic carbocycles. The summed E-state index contributed by atoms with van der Waals surface area (Å²) in [6.07, 6.45) is 0. The van der Waals surface area contributed by atoms with E-state index in [0.29, 0.717) is 17.1 Å². The molecule has 3 aromatic carbocycles. The molecule has 0 saturated heterocycles. The second-order valence-corrected chi connectivity index (χ2v) is 6.81. The van der Waals surface area contributed by atoms with E-state index in [2.05, 4.69) is 0 Å². The molecule has 0 amide bonds. The lowest BCUT2D eigenvalue weighted by atomic mass is 9.81. The number of methoxy groups -OCH3 is 2. The smallest absolute Gasteiger partial charge is 0.330 e. The molecule has 0 aliphatic rings. The SMILES string of the molecule is COC(=O)C(COCc1ccccc1)(C(=O)OC)c1ccc(Oc2ccccc2)cc1. The van der Waals surface area contributed by atoms with E-state index in [9.17, 15) is 9.59 Å². The minimum atomic E-state index is -1.76. The largest absolute Gasteiger partial charge is 0.468 e. The van der Waals surface area contributed by atoms with Crippen molar-refractivity contribution < 1.29 is 28.5 Å². The number of hydrogen-bond acceptors (Lipinski definition) is 6. The van der Waals surface area contributed by atoms with Crippen molar-refractivity contribution in [1.29, 1.82) is 0 Å². The molecule has 6 heteroatoms. The minimum absolute atomic E-state index is 0.228. The first-order valence-electron chi connectivity index (χ1n) is 9.72. The van der Waals surface area contributed by atoms with Gasteiger partial charge in [-0.3, -0.25) is 9.59 Å². The summed E-state index contributed by atoms with van der Waals surface area (Å²) < 4.78 is 21.5. The Morgan fingerprint density at radius 2 is 1.23 bits per heavy atom. The molecule has 0 radical (unpaired) electrons. The molecule has 0 saturated carbocycles. The Morgan fingerprint density at radius 3 is 1.77 bits per heavy atom. The highest BCUT2D eigenvalue weighted by atomic mass is 16.6. The molecule has 31 heavy (non-hydrogen) atoms. The number of carbonyl (C=O) groups excluding carboxylic acids is 2. The Kier molecular flexibility index (Phi) is 7.40. The van der Waals surface area contributed by atoms with E-state index in [1.165, 1.54) is 14.2 Å². The third kappa shape index (κ3) is 5.10. The zero-order valence-corrected chi connectivity index (χ0v) is 17.4. The van der Waals surface area contributed by atoms with Gasteiger partial charge in [-0.15, -0.1) is 0 Å². The van der Waals surface area contributed by atoms with Crippen LogP contribution in [0.15, 0.2) is 84.9 Å². The van der Waals surface area contributed by atoms with Crippen LogP contribution < -0.4 is 4.74 Å². The molecule has 0 aromatic heterocycles. The summed E-state index contributed by atoms with van der Waals surface area (Å²) in [5.74, 6) is -0.286. The Bertz CT molecular complexity index is 968. The van der Waals surface area contributed by atoms with Crippen LogP contribution in [0.3, 0.4) is 0 Å².